The van der Waals surface area contributed by atoms with Crippen LogP contribution in [-0.4, -0.2) is 21.2 Å². The molecule has 7 heteroatoms. The topological polar surface area (TPSA) is 73.6 Å². The number of fused-ring (bicyclic) bond motifs is 1. The molecule has 4 rings (SSSR count). The van der Waals surface area contributed by atoms with Crippen molar-refractivity contribution >= 4 is 22.4 Å². The van der Waals surface area contributed by atoms with Gasteiger partial charge < -0.3 is 4.74 Å². The Morgan fingerprint density at radius 1 is 1.07 bits per heavy atom. The van der Waals surface area contributed by atoms with Gasteiger partial charge in [0.25, 0.3) is 5.56 Å². The van der Waals surface area contributed by atoms with Crippen molar-refractivity contribution < 1.29 is 4.74 Å². The molecule has 4 aromatic rings. The summed E-state index contributed by atoms with van der Waals surface area (Å²) in [5.41, 5.74) is 0.835. The van der Waals surface area contributed by atoms with Crippen LogP contribution in [0, 0.1) is 0 Å². The first-order chi connectivity index (χ1) is 14.2. The van der Waals surface area contributed by atoms with Crippen LogP contribution in [0.15, 0.2) is 64.2 Å². The number of nitrogens with zero attached hydrogens (tertiary/aromatic N) is 3. The molecular formula is C22H19N3O3S. The fraction of sp³-hybridized carbons (Fsp3) is 0.182. The van der Waals surface area contributed by atoms with Crippen LogP contribution >= 0.6 is 11.3 Å². The average molecular weight is 405 g/mol. The van der Waals surface area contributed by atoms with E-state index < -0.39 is 5.56 Å². The first-order valence-corrected chi connectivity index (χ1v) is 10.2. The lowest BCUT2D eigenvalue weighted by atomic mass is 10.2. The van der Waals surface area contributed by atoms with Gasteiger partial charge in [-0.3, -0.25) is 9.59 Å². The second-order valence-electron chi connectivity index (χ2n) is 6.48. The van der Waals surface area contributed by atoms with Gasteiger partial charge in [-0.05, 0) is 18.6 Å². The highest BCUT2D eigenvalue weighted by atomic mass is 32.1. The van der Waals surface area contributed by atoms with E-state index >= 15 is 0 Å². The Balaban J connectivity index is 1.82. The average Bonchev–Trinajstić information content (AvgIpc) is 3.04. The summed E-state index contributed by atoms with van der Waals surface area (Å²) >= 11 is 1.14. The Morgan fingerprint density at radius 2 is 1.83 bits per heavy atom. The molecule has 0 unspecified atom stereocenters. The van der Waals surface area contributed by atoms with Crippen LogP contribution in [-0.2, 0) is 0 Å². The minimum atomic E-state index is -0.452. The third kappa shape index (κ3) is 3.95. The van der Waals surface area contributed by atoms with E-state index in [0.29, 0.717) is 16.7 Å². The lowest BCUT2D eigenvalue weighted by Gasteiger charge is -2.07. The second kappa shape index (κ2) is 8.36. The van der Waals surface area contributed by atoms with Crippen LogP contribution in [0.5, 0.6) is 5.75 Å². The number of hydrogen-bond donors (Lipinski definition) is 0. The molecule has 0 aliphatic heterocycles. The smallest absolute Gasteiger partial charge is 0.300 e. The van der Waals surface area contributed by atoms with E-state index in [4.69, 9.17) is 4.74 Å². The molecule has 0 bridgehead atoms. The molecule has 146 valence electrons. The molecule has 0 fully saturated rings. The minimum Gasteiger partial charge on any atom is -0.493 e. The van der Waals surface area contributed by atoms with Gasteiger partial charge in [-0.2, -0.15) is 14.6 Å². The Hall–Kier alpha value is -3.32. The molecule has 2 aromatic heterocycles. The molecule has 0 saturated carbocycles. The molecule has 0 N–H and O–H groups in total. The Morgan fingerprint density at radius 3 is 2.62 bits per heavy atom. The molecule has 0 aliphatic carbocycles. The van der Waals surface area contributed by atoms with Crippen LogP contribution in [0.1, 0.15) is 25.3 Å². The van der Waals surface area contributed by atoms with Gasteiger partial charge in [0, 0.05) is 11.1 Å². The number of hydrogen-bond acceptors (Lipinski definition) is 6. The van der Waals surface area contributed by atoms with E-state index in [2.05, 4.69) is 17.0 Å². The highest BCUT2D eigenvalue weighted by molar-refractivity contribution is 7.15. The second-order valence-corrected chi connectivity index (χ2v) is 7.49. The first kappa shape index (κ1) is 19.0. The number of aromatic nitrogens is 3. The van der Waals surface area contributed by atoms with Crippen molar-refractivity contribution in [1.82, 2.24) is 14.6 Å². The summed E-state index contributed by atoms with van der Waals surface area (Å²) in [4.78, 5) is 29.6. The maximum absolute atomic E-state index is 12.9. The molecule has 0 aliphatic rings. The molecule has 0 amide bonds. The Bertz CT molecular complexity index is 1310. The van der Waals surface area contributed by atoms with Crippen molar-refractivity contribution in [2.45, 2.75) is 19.8 Å². The van der Waals surface area contributed by atoms with Crippen molar-refractivity contribution in [1.29, 1.82) is 0 Å². The van der Waals surface area contributed by atoms with Crippen LogP contribution in [0.25, 0.3) is 22.3 Å². The third-order valence-corrected chi connectivity index (χ3v) is 5.35. The number of thiazole rings is 1. The predicted octanol–water partition coefficient (Wildman–Crippen LogP) is 2.90. The van der Waals surface area contributed by atoms with Crippen molar-refractivity contribution in [3.05, 3.63) is 85.4 Å². The van der Waals surface area contributed by atoms with Gasteiger partial charge in [-0.1, -0.05) is 73.2 Å². The largest absolute Gasteiger partial charge is 0.493 e. The van der Waals surface area contributed by atoms with Crippen molar-refractivity contribution in [2.24, 2.45) is 0 Å². The Kier molecular flexibility index (Phi) is 5.48. The molecule has 0 atom stereocenters. The van der Waals surface area contributed by atoms with Crippen LogP contribution in [0.2, 0.25) is 0 Å². The molecule has 2 aromatic carbocycles. The summed E-state index contributed by atoms with van der Waals surface area (Å²) in [6.07, 6.45) is 3.77. The lowest BCUT2D eigenvalue weighted by Crippen LogP contribution is -2.26. The number of benzene rings is 2. The zero-order valence-electron chi connectivity index (χ0n) is 15.9. The number of unbranched alkanes of at least 4 members (excludes halogenated alkanes) is 1. The Labute approximate surface area is 170 Å². The quantitative estimate of drug-likeness (QED) is 0.461. The normalized spacial score (nSPS) is 11.8. The highest BCUT2D eigenvalue weighted by Crippen LogP contribution is 2.19. The van der Waals surface area contributed by atoms with Crippen molar-refractivity contribution in [2.75, 3.05) is 6.61 Å². The summed E-state index contributed by atoms with van der Waals surface area (Å²) in [7, 11) is 0. The van der Waals surface area contributed by atoms with E-state index in [1.54, 1.807) is 18.2 Å². The minimum absolute atomic E-state index is 0.160. The number of para-hydroxylation sites is 1. The fourth-order valence-electron chi connectivity index (χ4n) is 2.88. The maximum atomic E-state index is 12.9. The summed E-state index contributed by atoms with van der Waals surface area (Å²) in [6.45, 7) is 2.73. The van der Waals surface area contributed by atoms with Crippen molar-refractivity contribution in [3.8, 4) is 17.0 Å². The molecule has 0 saturated heterocycles. The zero-order valence-corrected chi connectivity index (χ0v) is 16.7. The number of rotatable bonds is 6. The van der Waals surface area contributed by atoms with Crippen LogP contribution in [0.4, 0.5) is 0 Å². The van der Waals surface area contributed by atoms with E-state index in [9.17, 15) is 9.59 Å². The molecule has 6 nitrogen and oxygen atoms in total. The zero-order chi connectivity index (χ0) is 20.2. The van der Waals surface area contributed by atoms with Gasteiger partial charge in [0.1, 0.15) is 5.75 Å². The molecule has 0 spiro atoms. The summed E-state index contributed by atoms with van der Waals surface area (Å²) in [5, 5.41) is 4.28. The molecular weight excluding hydrogens is 386 g/mol. The van der Waals surface area contributed by atoms with Crippen LogP contribution < -0.4 is 20.4 Å². The standard InChI is InChI=1S/C22H19N3O3S/c1-2-3-13-28-17-12-8-7-11-16(17)14-18-21(27)25-22(29-18)23-20(26)19(24-25)15-9-5-4-6-10-15/h4-12,14H,2-3,13H2,1H3. The highest BCUT2D eigenvalue weighted by Gasteiger charge is 2.13. The SMILES string of the molecule is CCCCOc1ccccc1C=c1sc2nc(=O)c(-c3ccccc3)nn2c1=O. The van der Waals surface area contributed by atoms with E-state index in [1.807, 2.05) is 42.5 Å². The van der Waals surface area contributed by atoms with Gasteiger partial charge in [0.15, 0.2) is 5.69 Å². The van der Waals surface area contributed by atoms with E-state index in [1.165, 1.54) is 4.52 Å². The van der Waals surface area contributed by atoms with Crippen LogP contribution in [0.3, 0.4) is 0 Å². The van der Waals surface area contributed by atoms with Gasteiger partial charge in [0.05, 0.1) is 11.1 Å². The van der Waals surface area contributed by atoms with Crippen molar-refractivity contribution in [3.63, 3.8) is 0 Å². The van der Waals surface area contributed by atoms with E-state index in [-0.39, 0.29) is 16.2 Å². The molecule has 2 heterocycles. The first-order valence-electron chi connectivity index (χ1n) is 9.40. The molecule has 29 heavy (non-hydrogen) atoms. The van der Waals surface area contributed by atoms with Gasteiger partial charge >= 0.3 is 5.56 Å². The van der Waals surface area contributed by atoms with E-state index in [0.717, 1.165) is 35.5 Å². The lowest BCUT2D eigenvalue weighted by molar-refractivity contribution is 0.309. The number of ether oxygens (including phenoxy) is 1. The van der Waals surface area contributed by atoms with Gasteiger partial charge in [-0.25, -0.2) is 0 Å². The van der Waals surface area contributed by atoms with Gasteiger partial charge in [0.2, 0.25) is 4.96 Å². The predicted molar refractivity (Wildman–Crippen MR) is 114 cm³/mol. The third-order valence-electron chi connectivity index (χ3n) is 4.39. The summed E-state index contributed by atoms with van der Waals surface area (Å²) in [5.74, 6) is 0.721. The monoisotopic (exact) mass is 405 g/mol. The fourth-order valence-corrected chi connectivity index (χ4v) is 3.78. The summed E-state index contributed by atoms with van der Waals surface area (Å²) in [6, 6.07) is 16.6. The van der Waals surface area contributed by atoms with Gasteiger partial charge in [-0.15, -0.1) is 0 Å². The molecule has 0 radical (unpaired) electrons. The maximum Gasteiger partial charge on any atom is 0.300 e. The summed E-state index contributed by atoms with van der Waals surface area (Å²) < 4.78 is 7.48.